The molecule has 0 aliphatic rings. The SMILES string of the molecule is COc1ncc(-c2cc(-n3cccn3)c(N)nn2)c(OC)n1. The van der Waals surface area contributed by atoms with Gasteiger partial charge >= 0.3 is 6.01 Å². The number of ether oxygens (including phenoxy) is 2. The van der Waals surface area contributed by atoms with E-state index >= 15 is 0 Å². The number of hydrogen-bond donors (Lipinski definition) is 1. The molecular weight excluding hydrogens is 286 g/mol. The van der Waals surface area contributed by atoms with E-state index in [2.05, 4.69) is 25.3 Å². The van der Waals surface area contributed by atoms with Crippen LogP contribution in [0.25, 0.3) is 16.9 Å². The zero-order valence-corrected chi connectivity index (χ0v) is 12.0. The van der Waals surface area contributed by atoms with Crippen LogP contribution in [0.4, 0.5) is 5.82 Å². The molecule has 0 aliphatic carbocycles. The van der Waals surface area contributed by atoms with Gasteiger partial charge in [0.2, 0.25) is 5.88 Å². The molecule has 9 nitrogen and oxygen atoms in total. The van der Waals surface area contributed by atoms with Crippen molar-refractivity contribution in [3.8, 4) is 28.8 Å². The van der Waals surface area contributed by atoms with Gasteiger partial charge in [-0.15, -0.1) is 10.2 Å². The summed E-state index contributed by atoms with van der Waals surface area (Å²) in [7, 11) is 2.98. The molecule has 3 aromatic rings. The average Bonchev–Trinajstić information content (AvgIpc) is 3.09. The van der Waals surface area contributed by atoms with Crippen LogP contribution in [0.15, 0.2) is 30.7 Å². The van der Waals surface area contributed by atoms with Crippen molar-refractivity contribution in [2.75, 3.05) is 20.0 Å². The van der Waals surface area contributed by atoms with Crippen molar-refractivity contribution in [2.24, 2.45) is 0 Å². The van der Waals surface area contributed by atoms with Gasteiger partial charge in [0.05, 0.1) is 19.8 Å². The normalized spacial score (nSPS) is 10.5. The Kier molecular flexibility index (Phi) is 3.52. The molecule has 0 amide bonds. The fraction of sp³-hybridized carbons (Fsp3) is 0.154. The summed E-state index contributed by atoms with van der Waals surface area (Å²) >= 11 is 0. The van der Waals surface area contributed by atoms with Crippen molar-refractivity contribution < 1.29 is 9.47 Å². The minimum absolute atomic E-state index is 0.205. The second-order valence-electron chi connectivity index (χ2n) is 4.23. The Hall–Kier alpha value is -3.23. The number of rotatable bonds is 4. The Balaban J connectivity index is 2.11. The third-order valence-electron chi connectivity index (χ3n) is 2.94. The lowest BCUT2D eigenvalue weighted by Crippen LogP contribution is -2.06. The molecule has 0 atom stereocenters. The van der Waals surface area contributed by atoms with Crippen LogP contribution in [0.1, 0.15) is 0 Å². The molecule has 3 aromatic heterocycles. The van der Waals surface area contributed by atoms with Gasteiger partial charge in [-0.25, -0.2) is 9.67 Å². The largest absolute Gasteiger partial charge is 0.480 e. The molecule has 0 radical (unpaired) electrons. The van der Waals surface area contributed by atoms with Gasteiger partial charge in [-0.2, -0.15) is 10.1 Å². The molecule has 0 aliphatic heterocycles. The Labute approximate surface area is 125 Å². The number of aromatic nitrogens is 6. The molecular formula is C13H13N7O2. The predicted molar refractivity (Wildman–Crippen MR) is 77.7 cm³/mol. The lowest BCUT2D eigenvalue weighted by molar-refractivity contribution is 0.353. The highest BCUT2D eigenvalue weighted by Gasteiger charge is 2.15. The van der Waals surface area contributed by atoms with E-state index in [-0.39, 0.29) is 11.8 Å². The molecule has 9 heteroatoms. The van der Waals surface area contributed by atoms with Gasteiger partial charge in [-0.3, -0.25) is 0 Å². The van der Waals surface area contributed by atoms with Gasteiger partial charge in [0.25, 0.3) is 0 Å². The van der Waals surface area contributed by atoms with Gasteiger partial charge < -0.3 is 15.2 Å². The standard InChI is InChI=1S/C13H13N7O2/c1-21-12-8(7-15-13(17-12)22-2)9-6-10(11(14)19-18-9)20-5-3-4-16-20/h3-7H,1-2H3,(H2,14,19). The molecule has 112 valence electrons. The maximum Gasteiger partial charge on any atom is 0.319 e. The van der Waals surface area contributed by atoms with Crippen molar-refractivity contribution in [3.05, 3.63) is 30.7 Å². The third-order valence-corrected chi connectivity index (χ3v) is 2.94. The van der Waals surface area contributed by atoms with E-state index in [0.29, 0.717) is 22.8 Å². The Bertz CT molecular complexity index is 789. The zero-order chi connectivity index (χ0) is 15.5. The fourth-order valence-corrected chi connectivity index (χ4v) is 1.90. The van der Waals surface area contributed by atoms with Crippen molar-refractivity contribution in [2.45, 2.75) is 0 Å². The summed E-state index contributed by atoms with van der Waals surface area (Å²) in [4.78, 5) is 8.19. The van der Waals surface area contributed by atoms with Crippen LogP contribution in [0.2, 0.25) is 0 Å². The number of methoxy groups -OCH3 is 2. The minimum Gasteiger partial charge on any atom is -0.480 e. The van der Waals surface area contributed by atoms with Gasteiger partial charge in [0.15, 0.2) is 5.82 Å². The lowest BCUT2D eigenvalue weighted by Gasteiger charge is -2.09. The van der Waals surface area contributed by atoms with Crippen LogP contribution in [0.3, 0.4) is 0 Å². The number of anilines is 1. The second kappa shape index (κ2) is 5.64. The molecule has 0 bridgehead atoms. The summed E-state index contributed by atoms with van der Waals surface area (Å²) in [6, 6.07) is 3.73. The molecule has 0 saturated carbocycles. The maximum absolute atomic E-state index is 5.86. The molecule has 0 spiro atoms. The minimum atomic E-state index is 0.205. The van der Waals surface area contributed by atoms with Crippen molar-refractivity contribution >= 4 is 5.82 Å². The highest BCUT2D eigenvalue weighted by Crippen LogP contribution is 2.29. The number of nitrogens with zero attached hydrogens (tertiary/aromatic N) is 6. The molecule has 0 aromatic carbocycles. The summed E-state index contributed by atoms with van der Waals surface area (Å²) in [6.07, 6.45) is 4.97. The zero-order valence-electron chi connectivity index (χ0n) is 12.0. The first-order valence-corrected chi connectivity index (χ1v) is 6.31. The van der Waals surface area contributed by atoms with Crippen molar-refractivity contribution in [1.29, 1.82) is 0 Å². The first kappa shape index (κ1) is 13.7. The third kappa shape index (κ3) is 2.39. The average molecular weight is 299 g/mol. The van der Waals surface area contributed by atoms with Gasteiger partial charge in [-0.1, -0.05) is 0 Å². The van der Waals surface area contributed by atoms with E-state index in [0.717, 1.165) is 0 Å². The molecule has 0 saturated heterocycles. The van der Waals surface area contributed by atoms with Crippen LogP contribution >= 0.6 is 0 Å². The van der Waals surface area contributed by atoms with E-state index < -0.39 is 0 Å². The van der Waals surface area contributed by atoms with E-state index in [1.165, 1.54) is 14.2 Å². The summed E-state index contributed by atoms with van der Waals surface area (Å²) in [6.45, 7) is 0. The fourth-order valence-electron chi connectivity index (χ4n) is 1.90. The van der Waals surface area contributed by atoms with Gasteiger partial charge in [0.1, 0.15) is 11.4 Å². The number of nitrogens with two attached hydrogens (primary N) is 1. The van der Waals surface area contributed by atoms with Crippen LogP contribution in [-0.4, -0.2) is 44.2 Å². The molecule has 22 heavy (non-hydrogen) atoms. The van der Waals surface area contributed by atoms with E-state index in [1.807, 2.05) is 0 Å². The first-order chi connectivity index (χ1) is 10.7. The topological polar surface area (TPSA) is 114 Å². The molecule has 0 unspecified atom stereocenters. The summed E-state index contributed by atoms with van der Waals surface area (Å²) in [5.74, 6) is 0.596. The lowest BCUT2D eigenvalue weighted by atomic mass is 10.2. The quantitative estimate of drug-likeness (QED) is 0.749. The van der Waals surface area contributed by atoms with Crippen LogP contribution in [0.5, 0.6) is 11.9 Å². The van der Waals surface area contributed by atoms with Crippen molar-refractivity contribution in [1.82, 2.24) is 29.9 Å². The van der Waals surface area contributed by atoms with Gasteiger partial charge in [0, 0.05) is 18.6 Å². The Morgan fingerprint density at radius 3 is 2.73 bits per heavy atom. The van der Waals surface area contributed by atoms with E-state index in [9.17, 15) is 0 Å². The monoisotopic (exact) mass is 299 g/mol. The second-order valence-corrected chi connectivity index (χ2v) is 4.23. The molecule has 2 N–H and O–H groups in total. The summed E-state index contributed by atoms with van der Waals surface area (Å²) < 4.78 is 11.8. The maximum atomic E-state index is 5.86. The van der Waals surface area contributed by atoms with E-state index in [1.54, 1.807) is 35.4 Å². The smallest absolute Gasteiger partial charge is 0.319 e. The summed E-state index contributed by atoms with van der Waals surface area (Å²) in [5.41, 5.74) is 7.55. The molecule has 3 heterocycles. The highest BCUT2D eigenvalue weighted by molar-refractivity contribution is 5.68. The van der Waals surface area contributed by atoms with Gasteiger partial charge in [-0.05, 0) is 12.1 Å². The predicted octanol–water partition coefficient (Wildman–Crippen LogP) is 0.719. The Morgan fingerprint density at radius 1 is 1.18 bits per heavy atom. The van der Waals surface area contributed by atoms with Crippen LogP contribution in [0, 0.1) is 0 Å². The Morgan fingerprint density at radius 2 is 2.05 bits per heavy atom. The molecule has 3 rings (SSSR count). The van der Waals surface area contributed by atoms with E-state index in [4.69, 9.17) is 15.2 Å². The van der Waals surface area contributed by atoms with Crippen LogP contribution < -0.4 is 15.2 Å². The van der Waals surface area contributed by atoms with Crippen LogP contribution in [-0.2, 0) is 0 Å². The number of nitrogen functional groups attached to an aromatic ring is 1. The number of hydrogen-bond acceptors (Lipinski definition) is 8. The molecule has 0 fully saturated rings. The highest BCUT2D eigenvalue weighted by atomic mass is 16.5. The van der Waals surface area contributed by atoms with Crippen molar-refractivity contribution in [3.63, 3.8) is 0 Å². The summed E-state index contributed by atoms with van der Waals surface area (Å²) in [5, 5.41) is 12.2. The first-order valence-electron chi connectivity index (χ1n) is 6.31.